The summed E-state index contributed by atoms with van der Waals surface area (Å²) in [5.41, 5.74) is 4.21. The van der Waals surface area contributed by atoms with Crippen LogP contribution in [0.2, 0.25) is 0 Å². The largest absolute Gasteiger partial charge is 0.494 e. The molecule has 0 unspecified atom stereocenters. The Morgan fingerprint density at radius 3 is 3.09 bits per heavy atom. The fourth-order valence-electron chi connectivity index (χ4n) is 2.63. The van der Waals surface area contributed by atoms with Crippen LogP contribution in [0, 0.1) is 6.92 Å². The van der Waals surface area contributed by atoms with Crippen molar-refractivity contribution in [1.82, 2.24) is 15.5 Å². The molecule has 0 saturated heterocycles. The van der Waals surface area contributed by atoms with Crippen LogP contribution in [0.15, 0.2) is 18.2 Å². The topological polar surface area (TPSA) is 79.0 Å². The Kier molecular flexibility index (Phi) is 4.11. The van der Waals surface area contributed by atoms with E-state index in [2.05, 4.69) is 20.8 Å². The number of benzene rings is 1. The van der Waals surface area contributed by atoms with Crippen LogP contribution in [0.25, 0.3) is 0 Å². The molecule has 1 aromatic carbocycles. The maximum Gasteiger partial charge on any atom is 0.276 e. The fourth-order valence-corrected chi connectivity index (χ4v) is 2.63. The quantitative estimate of drug-likeness (QED) is 0.807. The molecule has 0 saturated carbocycles. The molecule has 6 heteroatoms. The van der Waals surface area contributed by atoms with Crippen LogP contribution in [0.1, 0.15) is 34.2 Å². The van der Waals surface area contributed by atoms with Crippen LogP contribution in [0.3, 0.4) is 0 Å². The number of hydrogen-bond donors (Lipinski definition) is 3. The third kappa shape index (κ3) is 2.82. The lowest BCUT2D eigenvalue weighted by Gasteiger charge is -2.13. The minimum Gasteiger partial charge on any atom is -0.494 e. The lowest BCUT2D eigenvalue weighted by Crippen LogP contribution is -2.25. The van der Waals surface area contributed by atoms with Gasteiger partial charge in [0.25, 0.3) is 5.91 Å². The molecule has 1 aromatic heterocycles. The first-order chi connectivity index (χ1) is 10.7. The van der Waals surface area contributed by atoms with Crippen LogP contribution in [-0.2, 0) is 13.0 Å². The second kappa shape index (κ2) is 6.19. The summed E-state index contributed by atoms with van der Waals surface area (Å²) in [5.74, 6) is 0.618. The minimum absolute atomic E-state index is 0.187. The second-order valence-corrected chi connectivity index (χ2v) is 5.32. The number of amides is 1. The number of nitrogens with zero attached hydrogens (tertiary/aromatic N) is 1. The van der Waals surface area contributed by atoms with E-state index >= 15 is 0 Å². The van der Waals surface area contributed by atoms with E-state index in [4.69, 9.17) is 4.74 Å². The molecule has 3 N–H and O–H groups in total. The molecule has 1 aliphatic rings. The van der Waals surface area contributed by atoms with Gasteiger partial charge in [-0.15, -0.1) is 0 Å². The third-order valence-corrected chi connectivity index (χ3v) is 3.78. The molecule has 3 rings (SSSR count). The molecule has 116 valence electrons. The summed E-state index contributed by atoms with van der Waals surface area (Å²) >= 11 is 0. The first-order valence-electron chi connectivity index (χ1n) is 7.50. The van der Waals surface area contributed by atoms with Gasteiger partial charge < -0.3 is 15.4 Å². The van der Waals surface area contributed by atoms with Gasteiger partial charge in [0.05, 0.1) is 6.61 Å². The highest BCUT2D eigenvalue weighted by Gasteiger charge is 2.21. The van der Waals surface area contributed by atoms with Gasteiger partial charge in [-0.1, -0.05) is 0 Å². The summed E-state index contributed by atoms with van der Waals surface area (Å²) < 4.78 is 5.45. The summed E-state index contributed by atoms with van der Waals surface area (Å²) in [7, 11) is 0. The minimum atomic E-state index is -0.187. The number of aromatic amines is 1. The summed E-state index contributed by atoms with van der Waals surface area (Å²) in [4.78, 5) is 12.5. The van der Waals surface area contributed by atoms with E-state index in [1.807, 2.05) is 32.0 Å². The van der Waals surface area contributed by atoms with Crippen molar-refractivity contribution < 1.29 is 9.53 Å². The Morgan fingerprint density at radius 2 is 2.32 bits per heavy atom. The van der Waals surface area contributed by atoms with E-state index in [-0.39, 0.29) is 5.91 Å². The molecule has 22 heavy (non-hydrogen) atoms. The molecule has 0 fully saturated rings. The van der Waals surface area contributed by atoms with Crippen LogP contribution < -0.4 is 15.4 Å². The van der Waals surface area contributed by atoms with Crippen molar-refractivity contribution in [3.05, 3.63) is 40.7 Å². The highest BCUT2D eigenvalue weighted by atomic mass is 16.5. The van der Waals surface area contributed by atoms with Gasteiger partial charge in [-0.2, -0.15) is 5.10 Å². The highest BCUT2D eigenvalue weighted by Crippen LogP contribution is 2.23. The average molecular weight is 300 g/mol. The van der Waals surface area contributed by atoms with Gasteiger partial charge in [0.15, 0.2) is 5.69 Å². The highest BCUT2D eigenvalue weighted by molar-refractivity contribution is 6.04. The van der Waals surface area contributed by atoms with E-state index in [9.17, 15) is 4.79 Å². The Morgan fingerprint density at radius 1 is 1.45 bits per heavy atom. The van der Waals surface area contributed by atoms with Gasteiger partial charge in [-0.3, -0.25) is 9.89 Å². The molecule has 6 nitrogen and oxygen atoms in total. The first-order valence-corrected chi connectivity index (χ1v) is 7.50. The van der Waals surface area contributed by atoms with Gasteiger partial charge in [-0.05, 0) is 37.6 Å². The molecule has 1 amide bonds. The Labute approximate surface area is 129 Å². The van der Waals surface area contributed by atoms with Crippen LogP contribution in [-0.4, -0.2) is 29.3 Å². The zero-order chi connectivity index (χ0) is 15.5. The molecule has 0 aliphatic carbocycles. The van der Waals surface area contributed by atoms with Crippen molar-refractivity contribution in [2.24, 2.45) is 0 Å². The number of rotatable bonds is 4. The zero-order valence-corrected chi connectivity index (χ0v) is 12.8. The van der Waals surface area contributed by atoms with Crippen molar-refractivity contribution in [2.75, 3.05) is 18.5 Å². The van der Waals surface area contributed by atoms with Gasteiger partial charge in [0, 0.05) is 36.5 Å². The Balaban J connectivity index is 1.78. The molecule has 2 aromatic rings. The molecule has 0 radical (unpaired) electrons. The van der Waals surface area contributed by atoms with E-state index < -0.39 is 0 Å². The number of carbonyl (C=O) groups excluding carboxylic acids is 1. The maximum atomic E-state index is 12.5. The monoisotopic (exact) mass is 300 g/mol. The first kappa shape index (κ1) is 14.6. The van der Waals surface area contributed by atoms with Crippen molar-refractivity contribution in [3.63, 3.8) is 0 Å². The number of nitrogens with one attached hydrogen (secondary N) is 3. The smallest absolute Gasteiger partial charge is 0.276 e. The molecule has 2 heterocycles. The van der Waals surface area contributed by atoms with E-state index in [0.29, 0.717) is 18.8 Å². The van der Waals surface area contributed by atoms with Gasteiger partial charge in [-0.25, -0.2) is 0 Å². The van der Waals surface area contributed by atoms with E-state index in [0.717, 1.165) is 41.2 Å². The number of carbonyl (C=O) groups is 1. The number of aryl methyl sites for hydroxylation is 1. The average Bonchev–Trinajstić information content (AvgIpc) is 2.94. The second-order valence-electron chi connectivity index (χ2n) is 5.32. The zero-order valence-electron chi connectivity index (χ0n) is 12.8. The predicted molar refractivity (Wildman–Crippen MR) is 84.3 cm³/mol. The van der Waals surface area contributed by atoms with Crippen molar-refractivity contribution in [3.8, 4) is 5.75 Å². The number of H-pyrrole nitrogens is 1. The maximum absolute atomic E-state index is 12.5. The third-order valence-electron chi connectivity index (χ3n) is 3.78. The Hall–Kier alpha value is -2.34. The number of ether oxygens (including phenoxy) is 1. The normalized spacial score (nSPS) is 13.5. The molecule has 0 spiro atoms. The van der Waals surface area contributed by atoms with Gasteiger partial charge in [0.1, 0.15) is 5.75 Å². The SMILES string of the molecule is CCOc1ccc(NC(=O)c2n[nH]c3c2CNCC3)c(C)c1. The standard InChI is InChI=1S/C16H20N4O2/c1-3-22-11-4-5-13(10(2)8-11)18-16(21)15-12-9-17-7-6-14(12)19-20-15/h4-5,8,17H,3,6-7,9H2,1-2H3,(H,18,21)(H,19,20). The number of aromatic nitrogens is 2. The van der Waals surface area contributed by atoms with Gasteiger partial charge >= 0.3 is 0 Å². The Bertz CT molecular complexity index is 693. The van der Waals surface area contributed by atoms with Crippen LogP contribution in [0.5, 0.6) is 5.75 Å². The summed E-state index contributed by atoms with van der Waals surface area (Å²) in [6, 6.07) is 5.63. The number of fused-ring (bicyclic) bond motifs is 1. The fraction of sp³-hybridized carbons (Fsp3) is 0.375. The molecular weight excluding hydrogens is 280 g/mol. The van der Waals surface area contributed by atoms with E-state index in [1.54, 1.807) is 0 Å². The number of anilines is 1. The van der Waals surface area contributed by atoms with E-state index in [1.165, 1.54) is 0 Å². The lowest BCUT2D eigenvalue weighted by atomic mass is 10.1. The summed E-state index contributed by atoms with van der Waals surface area (Å²) in [6.07, 6.45) is 0.873. The summed E-state index contributed by atoms with van der Waals surface area (Å²) in [5, 5.41) is 13.3. The predicted octanol–water partition coefficient (Wildman–Crippen LogP) is 2.01. The molecule has 0 atom stereocenters. The van der Waals surface area contributed by atoms with Crippen molar-refractivity contribution in [2.45, 2.75) is 26.8 Å². The molecule has 0 bridgehead atoms. The van der Waals surface area contributed by atoms with Crippen LogP contribution in [0.4, 0.5) is 5.69 Å². The van der Waals surface area contributed by atoms with Crippen molar-refractivity contribution in [1.29, 1.82) is 0 Å². The summed E-state index contributed by atoms with van der Waals surface area (Å²) in [6.45, 7) is 6.10. The lowest BCUT2D eigenvalue weighted by molar-refractivity contribution is 0.102. The number of hydrogen-bond acceptors (Lipinski definition) is 4. The molecule has 1 aliphatic heterocycles. The van der Waals surface area contributed by atoms with Crippen molar-refractivity contribution >= 4 is 11.6 Å². The molecular formula is C16H20N4O2. The van der Waals surface area contributed by atoms with Crippen LogP contribution >= 0.6 is 0 Å². The van der Waals surface area contributed by atoms with Gasteiger partial charge in [0.2, 0.25) is 0 Å².